The first kappa shape index (κ1) is 21.6. The monoisotopic (exact) mass is 407 g/mol. The highest BCUT2D eigenvalue weighted by atomic mass is 16.4. The van der Waals surface area contributed by atoms with Gasteiger partial charge in [-0.05, 0) is 38.3 Å². The predicted octanol–water partition coefficient (Wildman–Crippen LogP) is 5.00. The fourth-order valence-corrected chi connectivity index (χ4v) is 3.71. The zero-order valence-corrected chi connectivity index (χ0v) is 18.2. The first-order valence-corrected chi connectivity index (χ1v) is 10.2. The van der Waals surface area contributed by atoms with Gasteiger partial charge in [0.25, 0.3) is 5.56 Å². The minimum Gasteiger partial charge on any atom is -0.465 e. The molecule has 0 radical (unpaired) electrons. The van der Waals surface area contributed by atoms with E-state index < -0.39 is 11.6 Å². The van der Waals surface area contributed by atoms with Crippen molar-refractivity contribution in [2.45, 2.75) is 53.2 Å². The van der Waals surface area contributed by atoms with E-state index in [4.69, 9.17) is 0 Å². The second kappa shape index (κ2) is 8.30. The summed E-state index contributed by atoms with van der Waals surface area (Å²) in [7, 11) is 0. The lowest BCUT2D eigenvalue weighted by Crippen LogP contribution is -2.45. The van der Waals surface area contributed by atoms with Gasteiger partial charge in [-0.15, -0.1) is 0 Å². The van der Waals surface area contributed by atoms with Crippen LogP contribution in [-0.4, -0.2) is 31.2 Å². The lowest BCUT2D eigenvalue weighted by Gasteiger charge is -2.35. The molecule has 0 unspecified atom stereocenters. The molecular weight excluding hydrogens is 378 g/mol. The van der Waals surface area contributed by atoms with E-state index in [2.05, 4.69) is 4.98 Å². The third kappa shape index (κ3) is 4.22. The van der Waals surface area contributed by atoms with Gasteiger partial charge in [-0.2, -0.15) is 0 Å². The van der Waals surface area contributed by atoms with Gasteiger partial charge in [0.2, 0.25) is 0 Å². The molecule has 6 heteroatoms. The SMILES string of the molecule is CC(C)Cn1c(CN(C(=O)O)C(C)(C)C)c(-c2ccccc2)c2cccnc2c1=O. The topological polar surface area (TPSA) is 75.4 Å². The molecule has 0 aliphatic carbocycles. The molecule has 1 aromatic carbocycles. The van der Waals surface area contributed by atoms with Crippen molar-refractivity contribution in [1.82, 2.24) is 14.5 Å². The Kier molecular flexibility index (Phi) is 5.97. The average molecular weight is 408 g/mol. The largest absolute Gasteiger partial charge is 0.465 e. The molecule has 0 aliphatic rings. The third-order valence-corrected chi connectivity index (χ3v) is 5.10. The summed E-state index contributed by atoms with van der Waals surface area (Å²) >= 11 is 0. The summed E-state index contributed by atoms with van der Waals surface area (Å²) in [6.07, 6.45) is 0.604. The Hall–Kier alpha value is -3.15. The molecular formula is C24H29N3O3. The molecule has 0 fully saturated rings. The summed E-state index contributed by atoms with van der Waals surface area (Å²) in [4.78, 5) is 31.3. The molecule has 0 spiro atoms. The Morgan fingerprint density at radius 1 is 1.13 bits per heavy atom. The van der Waals surface area contributed by atoms with Gasteiger partial charge in [-0.1, -0.05) is 50.2 Å². The van der Waals surface area contributed by atoms with Gasteiger partial charge < -0.3 is 9.67 Å². The first-order valence-electron chi connectivity index (χ1n) is 10.2. The van der Waals surface area contributed by atoms with E-state index in [-0.39, 0.29) is 18.0 Å². The molecule has 6 nitrogen and oxygen atoms in total. The van der Waals surface area contributed by atoms with E-state index in [9.17, 15) is 14.7 Å². The van der Waals surface area contributed by atoms with E-state index in [0.717, 1.165) is 16.5 Å². The Labute approximate surface area is 176 Å². The van der Waals surface area contributed by atoms with Gasteiger partial charge in [-0.25, -0.2) is 4.79 Å². The normalized spacial score (nSPS) is 11.8. The molecule has 0 atom stereocenters. The number of rotatable bonds is 5. The molecule has 0 bridgehead atoms. The van der Waals surface area contributed by atoms with Crippen molar-refractivity contribution in [2.75, 3.05) is 0 Å². The van der Waals surface area contributed by atoms with Crippen molar-refractivity contribution < 1.29 is 9.90 Å². The summed E-state index contributed by atoms with van der Waals surface area (Å²) in [5.74, 6) is 0.208. The Morgan fingerprint density at radius 3 is 2.37 bits per heavy atom. The van der Waals surface area contributed by atoms with Crippen molar-refractivity contribution in [3.63, 3.8) is 0 Å². The molecule has 3 rings (SSSR count). The van der Waals surface area contributed by atoms with Gasteiger partial charge in [0.05, 0.1) is 6.54 Å². The predicted molar refractivity (Wildman–Crippen MR) is 120 cm³/mol. The molecule has 0 saturated carbocycles. The zero-order valence-electron chi connectivity index (χ0n) is 18.2. The number of aromatic nitrogens is 2. The number of amides is 1. The number of benzene rings is 1. The smallest absolute Gasteiger partial charge is 0.408 e. The number of hydrogen-bond donors (Lipinski definition) is 1. The first-order chi connectivity index (χ1) is 14.1. The summed E-state index contributed by atoms with van der Waals surface area (Å²) in [6.45, 7) is 10.2. The lowest BCUT2D eigenvalue weighted by atomic mass is 9.96. The van der Waals surface area contributed by atoms with Gasteiger partial charge >= 0.3 is 6.09 Å². The van der Waals surface area contributed by atoms with E-state index in [0.29, 0.717) is 17.8 Å². The second-order valence-electron chi connectivity index (χ2n) is 8.94. The fourth-order valence-electron chi connectivity index (χ4n) is 3.71. The van der Waals surface area contributed by atoms with Crippen LogP contribution in [0.1, 0.15) is 40.3 Å². The van der Waals surface area contributed by atoms with Crippen LogP contribution in [0.2, 0.25) is 0 Å². The molecule has 30 heavy (non-hydrogen) atoms. The van der Waals surface area contributed by atoms with Crippen molar-refractivity contribution in [1.29, 1.82) is 0 Å². The van der Waals surface area contributed by atoms with Gasteiger partial charge in [-0.3, -0.25) is 14.7 Å². The minimum atomic E-state index is -1.02. The van der Waals surface area contributed by atoms with Crippen molar-refractivity contribution in [3.8, 4) is 11.1 Å². The summed E-state index contributed by atoms with van der Waals surface area (Å²) in [5.41, 5.74) is 2.07. The minimum absolute atomic E-state index is 0.107. The summed E-state index contributed by atoms with van der Waals surface area (Å²) in [5, 5.41) is 10.7. The zero-order chi connectivity index (χ0) is 22.1. The molecule has 1 amide bonds. The van der Waals surface area contributed by atoms with Crippen LogP contribution in [0.5, 0.6) is 0 Å². The van der Waals surface area contributed by atoms with Crippen molar-refractivity contribution >= 4 is 17.0 Å². The highest BCUT2D eigenvalue weighted by molar-refractivity contribution is 5.95. The van der Waals surface area contributed by atoms with Crippen LogP contribution >= 0.6 is 0 Å². The number of pyridine rings is 2. The van der Waals surface area contributed by atoms with Crippen molar-refractivity contribution in [2.24, 2.45) is 5.92 Å². The Balaban J connectivity index is 2.42. The van der Waals surface area contributed by atoms with Crippen LogP contribution in [-0.2, 0) is 13.1 Å². The number of carboxylic acid groups (broad SMARTS) is 1. The van der Waals surface area contributed by atoms with E-state index in [1.807, 2.05) is 77.1 Å². The average Bonchev–Trinajstić information content (AvgIpc) is 2.68. The molecule has 158 valence electrons. The van der Waals surface area contributed by atoms with Crippen LogP contribution in [0.4, 0.5) is 4.79 Å². The maximum absolute atomic E-state index is 13.4. The fraction of sp³-hybridized carbons (Fsp3) is 0.375. The molecule has 3 aromatic rings. The van der Waals surface area contributed by atoms with E-state index in [1.54, 1.807) is 10.8 Å². The van der Waals surface area contributed by atoms with E-state index >= 15 is 0 Å². The number of fused-ring (bicyclic) bond motifs is 1. The van der Waals surface area contributed by atoms with Crippen molar-refractivity contribution in [3.05, 3.63) is 64.7 Å². The third-order valence-electron chi connectivity index (χ3n) is 5.10. The molecule has 0 aliphatic heterocycles. The van der Waals surface area contributed by atoms with Crippen LogP contribution < -0.4 is 5.56 Å². The highest BCUT2D eigenvalue weighted by Crippen LogP contribution is 2.32. The molecule has 2 heterocycles. The molecule has 2 aromatic heterocycles. The van der Waals surface area contributed by atoms with Crippen LogP contribution in [0, 0.1) is 5.92 Å². The van der Waals surface area contributed by atoms with Crippen LogP contribution in [0.25, 0.3) is 22.0 Å². The Bertz CT molecular complexity index is 1110. The molecule has 0 saturated heterocycles. The van der Waals surface area contributed by atoms with Crippen LogP contribution in [0.3, 0.4) is 0 Å². The quantitative estimate of drug-likeness (QED) is 0.646. The number of nitrogens with zero attached hydrogens (tertiary/aromatic N) is 3. The maximum atomic E-state index is 13.4. The van der Waals surface area contributed by atoms with Gasteiger partial charge in [0, 0.05) is 34.9 Å². The van der Waals surface area contributed by atoms with E-state index in [1.165, 1.54) is 4.90 Å². The van der Waals surface area contributed by atoms with Gasteiger partial charge in [0.1, 0.15) is 5.52 Å². The number of carbonyl (C=O) groups is 1. The summed E-state index contributed by atoms with van der Waals surface area (Å²) in [6, 6.07) is 13.5. The lowest BCUT2D eigenvalue weighted by molar-refractivity contribution is 0.0937. The summed E-state index contributed by atoms with van der Waals surface area (Å²) < 4.78 is 1.71. The molecule has 1 N–H and O–H groups in total. The maximum Gasteiger partial charge on any atom is 0.408 e. The van der Waals surface area contributed by atoms with Crippen LogP contribution in [0.15, 0.2) is 53.5 Å². The Morgan fingerprint density at radius 2 is 1.80 bits per heavy atom. The standard InChI is InChI=1S/C24H29N3O3/c1-16(2)14-26-19(15-27(23(29)30)24(3,4)5)20(17-10-7-6-8-11-17)18-12-9-13-25-21(18)22(26)28/h6-13,16H,14-15H2,1-5H3,(H,29,30). The van der Waals surface area contributed by atoms with Gasteiger partial charge in [0.15, 0.2) is 0 Å². The highest BCUT2D eigenvalue weighted by Gasteiger charge is 2.29. The number of hydrogen-bond acceptors (Lipinski definition) is 3. The second-order valence-corrected chi connectivity index (χ2v) is 8.94.